The van der Waals surface area contributed by atoms with E-state index < -0.39 is 32.4 Å². The Bertz CT molecular complexity index is 744. The predicted octanol–water partition coefficient (Wildman–Crippen LogP) is 3.84. The number of benzene rings is 1. The number of nitrogens with one attached hydrogen (secondary N) is 1. The summed E-state index contributed by atoms with van der Waals surface area (Å²) in [5, 5.41) is 2.59. The number of alkyl carbamates (subject to hydrolysis) is 1. The van der Waals surface area contributed by atoms with Crippen molar-refractivity contribution in [1.82, 2.24) is 9.88 Å². The zero-order chi connectivity index (χ0) is 22.6. The van der Waals surface area contributed by atoms with Gasteiger partial charge in [-0.3, -0.25) is 4.79 Å². The number of esters is 1. The first-order valence-electron chi connectivity index (χ1n) is 10.5. The summed E-state index contributed by atoms with van der Waals surface area (Å²) in [5.41, 5.74) is 1.54. The Kier molecular flexibility index (Phi) is 7.68. The lowest BCUT2D eigenvalue weighted by Gasteiger charge is -2.59. The van der Waals surface area contributed by atoms with Crippen molar-refractivity contribution >= 4 is 26.2 Å². The fourth-order valence-corrected chi connectivity index (χ4v) is 12.1. The van der Waals surface area contributed by atoms with Gasteiger partial charge in [-0.2, -0.15) is 0 Å². The molecule has 30 heavy (non-hydrogen) atoms. The van der Waals surface area contributed by atoms with Gasteiger partial charge in [-0.05, 0) is 22.2 Å². The standard InChI is InChI=1S/C22H34N2O5Si/c1-14(2)30(15(3)4,16(5)6)24-19(21(26)28-7)18(20(24)25)23-22(27)29-13-17-11-9-8-10-12-17/h8-12,14-16,18-19H,13H2,1-7H3,(H,23,27)/t18-,19-/m1/s1. The zero-order valence-corrected chi connectivity index (χ0v) is 20.0. The molecule has 1 aromatic carbocycles. The Morgan fingerprint density at radius 1 is 1.03 bits per heavy atom. The quantitative estimate of drug-likeness (QED) is 0.382. The minimum atomic E-state index is -2.42. The summed E-state index contributed by atoms with van der Waals surface area (Å²) in [6.07, 6.45) is -0.725. The summed E-state index contributed by atoms with van der Waals surface area (Å²) in [5.74, 6) is -0.744. The molecule has 1 aromatic rings. The molecule has 1 aliphatic heterocycles. The van der Waals surface area contributed by atoms with Crippen molar-refractivity contribution in [3.8, 4) is 0 Å². The molecule has 7 nitrogen and oxygen atoms in total. The number of amides is 2. The average Bonchev–Trinajstić information content (AvgIpc) is 2.70. The van der Waals surface area contributed by atoms with E-state index in [0.29, 0.717) is 0 Å². The van der Waals surface area contributed by atoms with Gasteiger partial charge in [0.1, 0.15) is 12.6 Å². The van der Waals surface area contributed by atoms with Crippen LogP contribution in [0.25, 0.3) is 0 Å². The number of carbonyl (C=O) groups is 3. The summed E-state index contributed by atoms with van der Waals surface area (Å²) in [7, 11) is -1.12. The summed E-state index contributed by atoms with van der Waals surface area (Å²) in [4.78, 5) is 38.2. The van der Waals surface area contributed by atoms with Gasteiger partial charge in [-0.15, -0.1) is 0 Å². The van der Waals surface area contributed by atoms with Crippen LogP contribution in [0.4, 0.5) is 4.79 Å². The maximum absolute atomic E-state index is 13.2. The van der Waals surface area contributed by atoms with Crippen molar-refractivity contribution in [2.45, 2.75) is 76.9 Å². The van der Waals surface area contributed by atoms with E-state index in [1.54, 1.807) is 4.57 Å². The second-order valence-electron chi connectivity index (χ2n) is 8.71. The highest BCUT2D eigenvalue weighted by Crippen LogP contribution is 2.48. The smallest absolute Gasteiger partial charge is 0.408 e. The molecule has 1 heterocycles. The van der Waals surface area contributed by atoms with Crippen LogP contribution in [-0.2, 0) is 25.7 Å². The Balaban J connectivity index is 2.23. The third-order valence-electron chi connectivity index (χ3n) is 6.22. The highest BCUT2D eigenvalue weighted by atomic mass is 28.3. The fourth-order valence-electron chi connectivity index (χ4n) is 5.15. The van der Waals surface area contributed by atoms with E-state index in [-0.39, 0.29) is 29.1 Å². The molecular weight excluding hydrogens is 400 g/mol. The summed E-state index contributed by atoms with van der Waals surface area (Å²) in [6.45, 7) is 12.8. The monoisotopic (exact) mass is 434 g/mol. The SMILES string of the molecule is COC(=O)[C@H]1[C@@H](NC(=O)OCc2ccccc2)C(=O)N1[Si](C(C)C)(C(C)C)C(C)C. The van der Waals surface area contributed by atoms with Crippen LogP contribution < -0.4 is 5.32 Å². The number of hydrogen-bond acceptors (Lipinski definition) is 5. The zero-order valence-electron chi connectivity index (χ0n) is 19.0. The molecule has 0 spiro atoms. The Morgan fingerprint density at radius 2 is 1.57 bits per heavy atom. The largest absolute Gasteiger partial charge is 0.467 e. The van der Waals surface area contributed by atoms with Gasteiger partial charge in [0.2, 0.25) is 5.91 Å². The van der Waals surface area contributed by atoms with Crippen molar-refractivity contribution in [3.63, 3.8) is 0 Å². The van der Waals surface area contributed by atoms with Gasteiger partial charge in [-0.1, -0.05) is 71.9 Å². The fraction of sp³-hybridized carbons (Fsp3) is 0.591. The van der Waals surface area contributed by atoms with Crippen LogP contribution in [0.3, 0.4) is 0 Å². The van der Waals surface area contributed by atoms with E-state index in [1.165, 1.54) is 7.11 Å². The van der Waals surface area contributed by atoms with Gasteiger partial charge in [0, 0.05) is 0 Å². The number of β-lactam (4-membered cyclic amide) rings is 1. The van der Waals surface area contributed by atoms with E-state index in [9.17, 15) is 14.4 Å². The molecule has 2 amide bonds. The molecule has 1 fully saturated rings. The van der Waals surface area contributed by atoms with Crippen molar-refractivity contribution in [2.75, 3.05) is 7.11 Å². The van der Waals surface area contributed by atoms with Crippen molar-refractivity contribution in [2.24, 2.45) is 0 Å². The molecule has 1 aliphatic rings. The summed E-state index contributed by atoms with van der Waals surface area (Å²) in [6, 6.07) is 7.47. The lowest BCUT2D eigenvalue weighted by Crippen LogP contribution is -2.82. The van der Waals surface area contributed by atoms with Crippen LogP contribution in [0, 0.1) is 0 Å². The maximum atomic E-state index is 13.2. The summed E-state index contributed by atoms with van der Waals surface area (Å²) < 4.78 is 12.0. The first kappa shape index (κ1) is 23.9. The van der Waals surface area contributed by atoms with E-state index >= 15 is 0 Å². The highest BCUT2D eigenvalue weighted by molar-refractivity contribution is 6.83. The van der Waals surface area contributed by atoms with Gasteiger partial charge >= 0.3 is 12.1 Å². The number of nitrogens with zero attached hydrogens (tertiary/aromatic N) is 1. The molecule has 0 saturated carbocycles. The topological polar surface area (TPSA) is 84.9 Å². The molecule has 2 rings (SSSR count). The molecule has 166 valence electrons. The lowest BCUT2D eigenvalue weighted by atomic mass is 9.99. The second-order valence-corrected chi connectivity index (χ2v) is 14.4. The molecule has 1 N–H and O–H groups in total. The van der Waals surface area contributed by atoms with Crippen LogP contribution in [0.15, 0.2) is 30.3 Å². The highest BCUT2D eigenvalue weighted by Gasteiger charge is 2.64. The Morgan fingerprint density at radius 3 is 2.03 bits per heavy atom. The van der Waals surface area contributed by atoms with E-state index in [2.05, 4.69) is 46.9 Å². The molecule has 0 unspecified atom stereocenters. The Labute approximate surface area is 180 Å². The van der Waals surface area contributed by atoms with Gasteiger partial charge in [0.25, 0.3) is 0 Å². The van der Waals surface area contributed by atoms with Crippen molar-refractivity contribution in [3.05, 3.63) is 35.9 Å². The molecule has 0 aromatic heterocycles. The lowest BCUT2D eigenvalue weighted by molar-refractivity contribution is -0.162. The number of carbonyl (C=O) groups excluding carboxylic acids is 3. The van der Waals surface area contributed by atoms with E-state index in [4.69, 9.17) is 9.47 Å². The first-order valence-corrected chi connectivity index (χ1v) is 12.6. The molecule has 0 radical (unpaired) electrons. The third-order valence-corrected chi connectivity index (χ3v) is 13.1. The third kappa shape index (κ3) is 4.24. The maximum Gasteiger partial charge on any atom is 0.408 e. The molecule has 2 atom stereocenters. The van der Waals surface area contributed by atoms with Gasteiger partial charge in [0.05, 0.1) is 7.11 Å². The van der Waals surface area contributed by atoms with Crippen LogP contribution in [-0.4, -0.2) is 50.0 Å². The number of hydrogen-bond donors (Lipinski definition) is 1. The first-order chi connectivity index (χ1) is 14.1. The molecular formula is C22H34N2O5Si. The number of methoxy groups -OCH3 is 1. The van der Waals surface area contributed by atoms with Crippen LogP contribution >= 0.6 is 0 Å². The molecule has 8 heteroatoms. The van der Waals surface area contributed by atoms with Crippen LogP contribution in [0.5, 0.6) is 0 Å². The van der Waals surface area contributed by atoms with Crippen LogP contribution in [0.1, 0.15) is 47.1 Å². The van der Waals surface area contributed by atoms with Gasteiger partial charge < -0.3 is 19.4 Å². The summed E-state index contributed by atoms with van der Waals surface area (Å²) >= 11 is 0. The average molecular weight is 435 g/mol. The van der Waals surface area contributed by atoms with Gasteiger partial charge in [-0.25, -0.2) is 9.59 Å². The van der Waals surface area contributed by atoms with Crippen molar-refractivity contribution < 1.29 is 23.9 Å². The molecule has 0 bridgehead atoms. The van der Waals surface area contributed by atoms with E-state index in [1.807, 2.05) is 30.3 Å². The minimum Gasteiger partial charge on any atom is -0.467 e. The Hall–Kier alpha value is -2.35. The van der Waals surface area contributed by atoms with Gasteiger partial charge in [0.15, 0.2) is 14.3 Å². The molecule has 0 aliphatic carbocycles. The number of ether oxygens (including phenoxy) is 2. The van der Waals surface area contributed by atoms with Crippen molar-refractivity contribution in [1.29, 1.82) is 0 Å². The number of rotatable bonds is 8. The van der Waals surface area contributed by atoms with Crippen LogP contribution in [0.2, 0.25) is 16.6 Å². The predicted molar refractivity (Wildman–Crippen MR) is 117 cm³/mol. The second kappa shape index (κ2) is 9.64. The molecule has 1 saturated heterocycles. The normalized spacial score (nSPS) is 19.1. The minimum absolute atomic E-state index is 0.0862. The van der Waals surface area contributed by atoms with E-state index in [0.717, 1.165) is 5.56 Å².